The van der Waals surface area contributed by atoms with Crippen LogP contribution in [0.4, 0.5) is 5.69 Å². The summed E-state index contributed by atoms with van der Waals surface area (Å²) in [6.45, 7) is 2.10. The van der Waals surface area contributed by atoms with Gasteiger partial charge in [0.2, 0.25) is 0 Å². The van der Waals surface area contributed by atoms with Crippen LogP contribution in [0.2, 0.25) is 0 Å². The number of hydrogen-bond donors (Lipinski definition) is 1. The number of nitriles is 1. The fourth-order valence-corrected chi connectivity index (χ4v) is 1.64. The maximum absolute atomic E-state index is 9.02. The molecule has 0 aromatic heterocycles. The molecule has 0 saturated carbocycles. The zero-order chi connectivity index (χ0) is 13.0. The average Bonchev–Trinajstić information content (AvgIpc) is 2.41. The van der Waals surface area contributed by atoms with Crippen LogP contribution < -0.4 is 10.5 Å². The van der Waals surface area contributed by atoms with Gasteiger partial charge in [-0.3, -0.25) is 0 Å². The van der Waals surface area contributed by atoms with E-state index in [2.05, 4.69) is 13.0 Å². The minimum Gasteiger partial charge on any atom is -0.456 e. The van der Waals surface area contributed by atoms with Crippen molar-refractivity contribution in [2.75, 3.05) is 5.73 Å². The lowest BCUT2D eigenvalue weighted by molar-refractivity contribution is 0.481. The quantitative estimate of drug-likeness (QED) is 0.832. The van der Waals surface area contributed by atoms with Gasteiger partial charge in [0.15, 0.2) is 0 Å². The van der Waals surface area contributed by atoms with Crippen molar-refractivity contribution >= 4 is 5.69 Å². The molecule has 0 spiro atoms. The van der Waals surface area contributed by atoms with E-state index in [0.717, 1.165) is 6.42 Å². The second-order valence-electron chi connectivity index (χ2n) is 3.97. The Bertz CT molecular complexity index is 582. The number of nitrogen functional groups attached to an aromatic ring is 1. The molecule has 2 rings (SSSR count). The zero-order valence-electron chi connectivity index (χ0n) is 10.2. The lowest BCUT2D eigenvalue weighted by Gasteiger charge is -2.08. The van der Waals surface area contributed by atoms with Crippen molar-refractivity contribution < 1.29 is 4.74 Å². The molecule has 0 radical (unpaired) electrons. The van der Waals surface area contributed by atoms with Crippen molar-refractivity contribution in [1.29, 1.82) is 5.26 Å². The summed E-state index contributed by atoms with van der Waals surface area (Å²) in [5, 5.41) is 9.02. The molecule has 0 fully saturated rings. The highest BCUT2D eigenvalue weighted by Crippen LogP contribution is 2.26. The number of benzene rings is 2. The van der Waals surface area contributed by atoms with Gasteiger partial charge in [-0.05, 0) is 42.3 Å². The Morgan fingerprint density at radius 2 is 1.89 bits per heavy atom. The third-order valence-corrected chi connectivity index (χ3v) is 2.68. The first-order valence-corrected chi connectivity index (χ1v) is 5.79. The second kappa shape index (κ2) is 5.24. The third kappa shape index (κ3) is 2.61. The van der Waals surface area contributed by atoms with Gasteiger partial charge in [-0.15, -0.1) is 0 Å². The molecule has 0 aliphatic heterocycles. The Morgan fingerprint density at radius 1 is 1.17 bits per heavy atom. The summed E-state index contributed by atoms with van der Waals surface area (Å²) >= 11 is 0. The third-order valence-electron chi connectivity index (χ3n) is 2.68. The highest BCUT2D eigenvalue weighted by molar-refractivity contribution is 5.54. The van der Waals surface area contributed by atoms with E-state index in [1.54, 1.807) is 18.2 Å². The molecule has 0 aliphatic rings. The van der Waals surface area contributed by atoms with Gasteiger partial charge in [0.1, 0.15) is 17.6 Å². The summed E-state index contributed by atoms with van der Waals surface area (Å²) in [5.41, 5.74) is 7.87. The summed E-state index contributed by atoms with van der Waals surface area (Å²) in [4.78, 5) is 0. The van der Waals surface area contributed by atoms with Crippen LogP contribution in [0.1, 0.15) is 18.1 Å². The van der Waals surface area contributed by atoms with E-state index in [1.165, 1.54) is 5.56 Å². The van der Waals surface area contributed by atoms with E-state index in [-0.39, 0.29) is 0 Å². The molecule has 18 heavy (non-hydrogen) atoms. The van der Waals surface area contributed by atoms with E-state index in [0.29, 0.717) is 22.7 Å². The van der Waals surface area contributed by atoms with E-state index in [4.69, 9.17) is 15.7 Å². The topological polar surface area (TPSA) is 59.0 Å². The Morgan fingerprint density at radius 3 is 2.50 bits per heavy atom. The lowest BCUT2D eigenvalue weighted by atomic mass is 10.1. The molecule has 0 amide bonds. The van der Waals surface area contributed by atoms with Crippen molar-refractivity contribution in [3.63, 3.8) is 0 Å². The molecule has 0 aliphatic carbocycles. The fraction of sp³-hybridized carbons (Fsp3) is 0.133. The predicted octanol–water partition coefficient (Wildman–Crippen LogP) is 3.50. The molecule has 0 heterocycles. The summed E-state index contributed by atoms with van der Waals surface area (Å²) in [7, 11) is 0. The van der Waals surface area contributed by atoms with Crippen molar-refractivity contribution in [2.45, 2.75) is 13.3 Å². The van der Waals surface area contributed by atoms with Gasteiger partial charge in [-0.2, -0.15) is 5.26 Å². The smallest absolute Gasteiger partial charge is 0.145 e. The maximum atomic E-state index is 9.02. The minimum absolute atomic E-state index is 0.439. The van der Waals surface area contributed by atoms with Crippen LogP contribution in [0, 0.1) is 11.3 Å². The number of aryl methyl sites for hydroxylation is 1. The standard InChI is InChI=1S/C15H14N2O/c1-2-11-3-6-14(7-4-11)18-15-8-5-13(17)9-12(15)10-16/h3-9H,2,17H2,1H3. The van der Waals surface area contributed by atoms with Crippen LogP contribution in [-0.2, 0) is 6.42 Å². The van der Waals surface area contributed by atoms with E-state index >= 15 is 0 Å². The Balaban J connectivity index is 2.25. The summed E-state index contributed by atoms with van der Waals surface area (Å²) < 4.78 is 5.68. The van der Waals surface area contributed by atoms with Gasteiger partial charge < -0.3 is 10.5 Å². The highest BCUT2D eigenvalue weighted by atomic mass is 16.5. The number of rotatable bonds is 3. The predicted molar refractivity (Wildman–Crippen MR) is 71.5 cm³/mol. The average molecular weight is 238 g/mol. The normalized spacial score (nSPS) is 9.78. The SMILES string of the molecule is CCc1ccc(Oc2ccc(N)cc2C#N)cc1. The molecule has 0 bridgehead atoms. The molecule has 90 valence electrons. The van der Waals surface area contributed by atoms with Crippen molar-refractivity contribution in [2.24, 2.45) is 0 Å². The van der Waals surface area contributed by atoms with E-state index < -0.39 is 0 Å². The summed E-state index contributed by atoms with van der Waals surface area (Å²) in [5.74, 6) is 1.24. The van der Waals surface area contributed by atoms with E-state index in [9.17, 15) is 0 Å². The Hall–Kier alpha value is -2.47. The Labute approximate surface area is 106 Å². The molecular weight excluding hydrogens is 224 g/mol. The molecule has 2 aromatic carbocycles. The number of nitrogens with two attached hydrogens (primary N) is 1. The monoisotopic (exact) mass is 238 g/mol. The van der Waals surface area contributed by atoms with Crippen LogP contribution >= 0.6 is 0 Å². The zero-order valence-corrected chi connectivity index (χ0v) is 10.2. The highest BCUT2D eigenvalue weighted by Gasteiger charge is 2.05. The molecule has 0 unspecified atom stereocenters. The first kappa shape index (κ1) is 12.0. The van der Waals surface area contributed by atoms with Crippen molar-refractivity contribution in [1.82, 2.24) is 0 Å². The maximum Gasteiger partial charge on any atom is 0.145 e. The molecule has 3 nitrogen and oxygen atoms in total. The first-order chi connectivity index (χ1) is 8.72. The molecule has 0 atom stereocenters. The van der Waals surface area contributed by atoms with Gasteiger partial charge in [0.25, 0.3) is 0 Å². The number of hydrogen-bond acceptors (Lipinski definition) is 3. The van der Waals surface area contributed by atoms with Crippen molar-refractivity contribution in [3.8, 4) is 17.6 Å². The molecular formula is C15H14N2O. The van der Waals surface area contributed by atoms with Crippen LogP contribution in [0.3, 0.4) is 0 Å². The molecule has 0 saturated heterocycles. The summed E-state index contributed by atoms with van der Waals surface area (Å²) in [6.07, 6.45) is 0.992. The Kier molecular flexibility index (Phi) is 3.49. The fourth-order valence-electron chi connectivity index (χ4n) is 1.64. The van der Waals surface area contributed by atoms with Crippen LogP contribution in [0.5, 0.6) is 11.5 Å². The largest absolute Gasteiger partial charge is 0.456 e. The first-order valence-electron chi connectivity index (χ1n) is 5.79. The summed E-state index contributed by atoms with van der Waals surface area (Å²) in [6, 6.07) is 14.9. The van der Waals surface area contributed by atoms with Gasteiger partial charge >= 0.3 is 0 Å². The molecule has 2 N–H and O–H groups in total. The van der Waals surface area contributed by atoms with Gasteiger partial charge in [0.05, 0.1) is 5.56 Å². The second-order valence-corrected chi connectivity index (χ2v) is 3.97. The van der Waals surface area contributed by atoms with Gasteiger partial charge in [-0.25, -0.2) is 0 Å². The molecule has 3 heteroatoms. The molecule has 2 aromatic rings. The van der Waals surface area contributed by atoms with Crippen molar-refractivity contribution in [3.05, 3.63) is 53.6 Å². The van der Waals surface area contributed by atoms with Crippen LogP contribution in [0.15, 0.2) is 42.5 Å². The van der Waals surface area contributed by atoms with Crippen LogP contribution in [-0.4, -0.2) is 0 Å². The van der Waals surface area contributed by atoms with E-state index in [1.807, 2.05) is 24.3 Å². The van der Waals surface area contributed by atoms with Gasteiger partial charge in [-0.1, -0.05) is 19.1 Å². The van der Waals surface area contributed by atoms with Gasteiger partial charge in [0, 0.05) is 5.69 Å². The minimum atomic E-state index is 0.439. The number of anilines is 1. The van der Waals surface area contributed by atoms with Crippen LogP contribution in [0.25, 0.3) is 0 Å². The lowest BCUT2D eigenvalue weighted by Crippen LogP contribution is -1.91. The number of ether oxygens (including phenoxy) is 1. The number of nitrogens with zero attached hydrogens (tertiary/aromatic N) is 1.